The Morgan fingerprint density at radius 1 is 1.38 bits per heavy atom. The molecule has 2 N–H and O–H groups in total. The number of rotatable bonds is 6. The SMILES string of the molecule is Cc1nn(C)c(OCCOCC(C)C)c1N. The highest BCUT2D eigenvalue weighted by Gasteiger charge is 2.10. The summed E-state index contributed by atoms with van der Waals surface area (Å²) in [6.45, 7) is 7.91. The lowest BCUT2D eigenvalue weighted by Gasteiger charge is -2.09. The van der Waals surface area contributed by atoms with E-state index in [1.54, 1.807) is 4.68 Å². The molecular weight excluding hydrogens is 206 g/mol. The van der Waals surface area contributed by atoms with Crippen LogP contribution >= 0.6 is 0 Å². The van der Waals surface area contributed by atoms with Gasteiger partial charge in [-0.3, -0.25) is 0 Å². The molecule has 0 aliphatic rings. The molecule has 5 nitrogen and oxygen atoms in total. The van der Waals surface area contributed by atoms with Crippen molar-refractivity contribution in [2.45, 2.75) is 20.8 Å². The zero-order valence-corrected chi connectivity index (χ0v) is 10.5. The van der Waals surface area contributed by atoms with E-state index < -0.39 is 0 Å². The van der Waals surface area contributed by atoms with E-state index in [1.807, 2.05) is 14.0 Å². The van der Waals surface area contributed by atoms with Crippen molar-refractivity contribution in [3.63, 3.8) is 0 Å². The van der Waals surface area contributed by atoms with E-state index >= 15 is 0 Å². The molecule has 1 aromatic rings. The average molecular weight is 227 g/mol. The molecule has 0 fully saturated rings. The normalized spacial score (nSPS) is 11.1. The minimum absolute atomic E-state index is 0.496. The van der Waals surface area contributed by atoms with Gasteiger partial charge in [-0.25, -0.2) is 4.68 Å². The molecule has 5 heteroatoms. The summed E-state index contributed by atoms with van der Waals surface area (Å²) in [7, 11) is 1.81. The first-order chi connectivity index (χ1) is 7.52. The molecule has 0 aromatic carbocycles. The maximum atomic E-state index is 5.82. The molecule has 0 spiro atoms. The Balaban J connectivity index is 2.32. The summed E-state index contributed by atoms with van der Waals surface area (Å²) in [6.07, 6.45) is 0. The molecule has 0 bridgehead atoms. The van der Waals surface area contributed by atoms with Gasteiger partial charge >= 0.3 is 0 Å². The number of aromatic nitrogens is 2. The number of hydrogen-bond donors (Lipinski definition) is 1. The third kappa shape index (κ3) is 3.41. The molecule has 0 atom stereocenters. The highest BCUT2D eigenvalue weighted by molar-refractivity contribution is 5.52. The number of nitrogens with zero attached hydrogens (tertiary/aromatic N) is 2. The lowest BCUT2D eigenvalue weighted by Crippen LogP contribution is -2.12. The van der Waals surface area contributed by atoms with Crippen LogP contribution < -0.4 is 10.5 Å². The van der Waals surface area contributed by atoms with Crippen LogP contribution in [-0.2, 0) is 11.8 Å². The molecule has 16 heavy (non-hydrogen) atoms. The predicted octanol–water partition coefficient (Wildman–Crippen LogP) is 1.36. The Morgan fingerprint density at radius 2 is 2.06 bits per heavy atom. The third-order valence-corrected chi connectivity index (χ3v) is 2.13. The number of anilines is 1. The first-order valence-electron chi connectivity index (χ1n) is 5.52. The molecule has 1 rings (SSSR count). The Bertz CT molecular complexity index is 334. The number of nitrogens with two attached hydrogens (primary N) is 1. The van der Waals surface area contributed by atoms with Crippen molar-refractivity contribution in [3.05, 3.63) is 5.69 Å². The van der Waals surface area contributed by atoms with Crippen LogP contribution in [0.15, 0.2) is 0 Å². The van der Waals surface area contributed by atoms with E-state index in [2.05, 4.69) is 18.9 Å². The van der Waals surface area contributed by atoms with Crippen LogP contribution in [0.3, 0.4) is 0 Å². The minimum atomic E-state index is 0.496. The maximum absolute atomic E-state index is 5.82. The lowest BCUT2D eigenvalue weighted by atomic mass is 10.2. The van der Waals surface area contributed by atoms with E-state index in [1.165, 1.54) is 0 Å². The van der Waals surface area contributed by atoms with E-state index in [0.29, 0.717) is 30.7 Å². The van der Waals surface area contributed by atoms with Crippen LogP contribution in [0.1, 0.15) is 19.5 Å². The molecule has 0 saturated carbocycles. The van der Waals surface area contributed by atoms with Crippen LogP contribution in [0.4, 0.5) is 5.69 Å². The van der Waals surface area contributed by atoms with E-state index in [0.717, 1.165) is 12.3 Å². The number of ether oxygens (including phenoxy) is 2. The third-order valence-electron chi connectivity index (χ3n) is 2.13. The largest absolute Gasteiger partial charge is 0.474 e. The van der Waals surface area contributed by atoms with Gasteiger partial charge in [0.25, 0.3) is 0 Å². The van der Waals surface area contributed by atoms with Crippen molar-refractivity contribution in [1.29, 1.82) is 0 Å². The first-order valence-corrected chi connectivity index (χ1v) is 5.52. The molecular formula is C11H21N3O2. The van der Waals surface area contributed by atoms with Gasteiger partial charge in [0, 0.05) is 13.7 Å². The van der Waals surface area contributed by atoms with Gasteiger partial charge in [0.1, 0.15) is 12.3 Å². The quantitative estimate of drug-likeness (QED) is 0.745. The van der Waals surface area contributed by atoms with Crippen LogP contribution in [0.2, 0.25) is 0 Å². The number of hydrogen-bond acceptors (Lipinski definition) is 4. The monoisotopic (exact) mass is 227 g/mol. The summed E-state index contributed by atoms with van der Waals surface area (Å²) in [5, 5.41) is 4.16. The molecule has 0 saturated heterocycles. The molecule has 92 valence electrons. The maximum Gasteiger partial charge on any atom is 0.235 e. The Labute approximate surface area is 96.5 Å². The summed E-state index contributed by atoms with van der Waals surface area (Å²) in [5.41, 5.74) is 7.21. The highest BCUT2D eigenvalue weighted by atomic mass is 16.5. The standard InChI is InChI=1S/C11H21N3O2/c1-8(2)7-15-5-6-16-11-10(12)9(3)13-14(11)4/h8H,5-7,12H2,1-4H3. The zero-order chi connectivity index (χ0) is 12.1. The second-order valence-corrected chi connectivity index (χ2v) is 4.25. The second kappa shape index (κ2) is 5.75. The van der Waals surface area contributed by atoms with Gasteiger partial charge < -0.3 is 15.2 Å². The molecule has 0 unspecified atom stereocenters. The van der Waals surface area contributed by atoms with Crippen LogP contribution in [-0.4, -0.2) is 29.6 Å². The summed E-state index contributed by atoms with van der Waals surface area (Å²) in [4.78, 5) is 0. The molecule has 1 aromatic heterocycles. The first kappa shape index (κ1) is 12.8. The number of aryl methyl sites for hydroxylation is 2. The molecule has 0 aliphatic carbocycles. The smallest absolute Gasteiger partial charge is 0.235 e. The average Bonchev–Trinajstić information content (AvgIpc) is 2.43. The van der Waals surface area contributed by atoms with Crippen LogP contribution in [0.25, 0.3) is 0 Å². The van der Waals surface area contributed by atoms with Crippen molar-refractivity contribution >= 4 is 5.69 Å². The fourth-order valence-electron chi connectivity index (χ4n) is 1.34. The molecule has 0 aliphatic heterocycles. The van der Waals surface area contributed by atoms with Gasteiger partial charge in [-0.15, -0.1) is 0 Å². The van der Waals surface area contributed by atoms with Gasteiger partial charge in [-0.1, -0.05) is 13.8 Å². The molecule has 1 heterocycles. The fourth-order valence-corrected chi connectivity index (χ4v) is 1.34. The van der Waals surface area contributed by atoms with E-state index in [9.17, 15) is 0 Å². The Hall–Kier alpha value is -1.23. The van der Waals surface area contributed by atoms with Crippen molar-refractivity contribution in [3.8, 4) is 5.88 Å². The van der Waals surface area contributed by atoms with Crippen LogP contribution in [0.5, 0.6) is 5.88 Å². The van der Waals surface area contributed by atoms with Gasteiger partial charge in [0.15, 0.2) is 0 Å². The molecule has 0 radical (unpaired) electrons. The molecule has 0 amide bonds. The fraction of sp³-hybridized carbons (Fsp3) is 0.727. The van der Waals surface area contributed by atoms with E-state index in [4.69, 9.17) is 15.2 Å². The van der Waals surface area contributed by atoms with Crippen molar-refractivity contribution in [2.24, 2.45) is 13.0 Å². The summed E-state index contributed by atoms with van der Waals surface area (Å²) < 4.78 is 12.6. The summed E-state index contributed by atoms with van der Waals surface area (Å²) in [6, 6.07) is 0. The van der Waals surface area contributed by atoms with Gasteiger partial charge in [0.2, 0.25) is 5.88 Å². The zero-order valence-electron chi connectivity index (χ0n) is 10.5. The van der Waals surface area contributed by atoms with Crippen molar-refractivity contribution in [1.82, 2.24) is 9.78 Å². The summed E-state index contributed by atoms with van der Waals surface area (Å²) in [5.74, 6) is 1.16. The van der Waals surface area contributed by atoms with Gasteiger partial charge in [0.05, 0.1) is 12.3 Å². The van der Waals surface area contributed by atoms with Crippen LogP contribution in [0, 0.1) is 12.8 Å². The highest BCUT2D eigenvalue weighted by Crippen LogP contribution is 2.23. The van der Waals surface area contributed by atoms with Gasteiger partial charge in [-0.05, 0) is 12.8 Å². The summed E-state index contributed by atoms with van der Waals surface area (Å²) >= 11 is 0. The topological polar surface area (TPSA) is 62.3 Å². The predicted molar refractivity (Wildman–Crippen MR) is 63.5 cm³/mol. The van der Waals surface area contributed by atoms with Gasteiger partial charge in [-0.2, -0.15) is 5.10 Å². The van der Waals surface area contributed by atoms with Crippen molar-refractivity contribution in [2.75, 3.05) is 25.6 Å². The lowest BCUT2D eigenvalue weighted by molar-refractivity contribution is 0.0796. The van der Waals surface area contributed by atoms with E-state index in [-0.39, 0.29) is 0 Å². The second-order valence-electron chi connectivity index (χ2n) is 4.25. The Morgan fingerprint density at radius 3 is 2.56 bits per heavy atom. The minimum Gasteiger partial charge on any atom is -0.474 e. The number of nitrogen functional groups attached to an aromatic ring is 1. The van der Waals surface area contributed by atoms with Crippen molar-refractivity contribution < 1.29 is 9.47 Å². The Kier molecular flexibility index (Phi) is 4.61.